The van der Waals surface area contributed by atoms with Crippen molar-refractivity contribution in [3.8, 4) is 5.75 Å². The fourth-order valence-corrected chi connectivity index (χ4v) is 6.61. The summed E-state index contributed by atoms with van der Waals surface area (Å²) in [5.41, 5.74) is 5.47. The molecule has 1 heterocycles. The first-order valence-corrected chi connectivity index (χ1v) is 17.0. The van der Waals surface area contributed by atoms with Crippen molar-refractivity contribution in [2.45, 2.75) is 90.9 Å². The highest BCUT2D eigenvalue weighted by atomic mass is 16.3. The Morgan fingerprint density at radius 2 is 0.851 bits per heavy atom. The number of nitrogens with zero attached hydrogens (tertiary/aromatic N) is 3. The molecule has 0 aliphatic carbocycles. The van der Waals surface area contributed by atoms with Crippen LogP contribution in [0.2, 0.25) is 0 Å². The fraction of sp³-hybridized carbons (Fsp3) is 0.326. The van der Waals surface area contributed by atoms with Crippen LogP contribution in [0.25, 0.3) is 21.5 Å². The zero-order valence-electron chi connectivity index (χ0n) is 28.8. The summed E-state index contributed by atoms with van der Waals surface area (Å²) in [6.45, 7) is 13.0. The van der Waals surface area contributed by atoms with Gasteiger partial charge in [0.1, 0.15) is 23.2 Å². The normalized spacial score (nSPS) is 12.2. The molecule has 47 heavy (non-hydrogen) atoms. The highest BCUT2D eigenvalue weighted by Gasteiger charge is 2.26. The molecule has 4 heteroatoms. The molecular weight excluding hydrogens is 574 g/mol. The SMILES string of the molecule is CC(C)(C)c1cc(CCc2nc(CCc3cccc4ccccc34)nc(CCc3cccc4ccccc34)n2)cc(C(C)(C)C)c1O. The van der Waals surface area contributed by atoms with Crippen LogP contribution >= 0.6 is 0 Å². The van der Waals surface area contributed by atoms with Gasteiger partial charge in [0.05, 0.1) is 0 Å². The molecule has 6 aromatic rings. The molecule has 0 saturated heterocycles. The third kappa shape index (κ3) is 7.54. The molecule has 0 spiro atoms. The summed E-state index contributed by atoms with van der Waals surface area (Å²) >= 11 is 0. The van der Waals surface area contributed by atoms with Gasteiger partial charge in [0.2, 0.25) is 0 Å². The molecule has 0 saturated carbocycles. The number of phenolic OH excluding ortho intramolecular Hbond substituents is 1. The van der Waals surface area contributed by atoms with E-state index in [9.17, 15) is 5.11 Å². The lowest BCUT2D eigenvalue weighted by Gasteiger charge is -2.28. The Morgan fingerprint density at radius 1 is 0.468 bits per heavy atom. The second-order valence-electron chi connectivity index (χ2n) is 14.9. The first-order valence-electron chi connectivity index (χ1n) is 17.0. The van der Waals surface area contributed by atoms with Gasteiger partial charge in [0.25, 0.3) is 0 Å². The second-order valence-corrected chi connectivity index (χ2v) is 14.9. The lowest BCUT2D eigenvalue weighted by molar-refractivity contribution is 0.422. The predicted octanol–water partition coefficient (Wildman–Crippen LogP) is 9.83. The van der Waals surface area contributed by atoms with E-state index in [1.165, 1.54) is 38.2 Å². The Morgan fingerprint density at radius 3 is 1.28 bits per heavy atom. The number of aryl methyl sites for hydroxylation is 6. The Hall–Kier alpha value is -4.57. The minimum Gasteiger partial charge on any atom is -0.507 e. The lowest BCUT2D eigenvalue weighted by atomic mass is 9.78. The average molecular weight is 622 g/mol. The number of hydrogen-bond acceptors (Lipinski definition) is 4. The molecule has 6 rings (SSSR count). The summed E-state index contributed by atoms with van der Waals surface area (Å²) in [7, 11) is 0. The maximum atomic E-state index is 11.2. The smallest absolute Gasteiger partial charge is 0.132 e. The number of aromatic hydroxyl groups is 1. The molecule has 240 valence electrons. The third-order valence-corrected chi connectivity index (χ3v) is 9.19. The van der Waals surface area contributed by atoms with Gasteiger partial charge in [-0.1, -0.05) is 139 Å². The van der Waals surface area contributed by atoms with Crippen molar-refractivity contribution in [1.29, 1.82) is 0 Å². The van der Waals surface area contributed by atoms with Gasteiger partial charge in [-0.15, -0.1) is 0 Å². The van der Waals surface area contributed by atoms with Crippen LogP contribution in [0.15, 0.2) is 97.1 Å². The summed E-state index contributed by atoms with van der Waals surface area (Å²) in [6.07, 6.45) is 4.76. The van der Waals surface area contributed by atoms with Crippen LogP contribution in [0.4, 0.5) is 0 Å². The van der Waals surface area contributed by atoms with Crippen molar-refractivity contribution < 1.29 is 5.11 Å². The van der Waals surface area contributed by atoms with E-state index in [-0.39, 0.29) is 10.8 Å². The van der Waals surface area contributed by atoms with E-state index in [1.54, 1.807) is 0 Å². The second kappa shape index (κ2) is 13.3. The van der Waals surface area contributed by atoms with Gasteiger partial charge in [-0.3, -0.25) is 0 Å². The molecule has 0 aliphatic heterocycles. The van der Waals surface area contributed by atoms with Crippen LogP contribution in [0.1, 0.15) is 86.8 Å². The van der Waals surface area contributed by atoms with Crippen molar-refractivity contribution >= 4 is 21.5 Å². The van der Waals surface area contributed by atoms with Crippen molar-refractivity contribution in [1.82, 2.24) is 15.0 Å². The summed E-state index contributed by atoms with van der Waals surface area (Å²) < 4.78 is 0. The molecule has 0 amide bonds. The molecule has 4 nitrogen and oxygen atoms in total. The Kier molecular flexibility index (Phi) is 9.14. The standard InChI is InChI=1S/C43H47N3O/c1-42(2,3)36-27-29(28-37(41(36)47)43(4,5)6)21-24-38-44-39(25-22-32-17-11-15-30-13-7-9-19-34(30)32)46-40(45-38)26-23-33-18-12-16-31-14-8-10-20-35(31)33/h7-20,27-28,47H,21-26H2,1-6H3. The predicted molar refractivity (Wildman–Crippen MR) is 195 cm³/mol. The van der Waals surface area contributed by atoms with Crippen molar-refractivity contribution in [3.63, 3.8) is 0 Å². The third-order valence-electron chi connectivity index (χ3n) is 9.19. The molecule has 0 fully saturated rings. The van der Waals surface area contributed by atoms with Gasteiger partial charge in [-0.2, -0.15) is 0 Å². The average Bonchev–Trinajstić information content (AvgIpc) is 3.04. The van der Waals surface area contributed by atoms with Crippen LogP contribution in [-0.4, -0.2) is 20.1 Å². The summed E-state index contributed by atoms with van der Waals surface area (Å²) in [5, 5.41) is 16.3. The van der Waals surface area contributed by atoms with E-state index in [1.807, 2.05) is 0 Å². The zero-order valence-corrected chi connectivity index (χ0v) is 28.8. The Labute approximate surface area is 280 Å². The number of phenols is 1. The minimum absolute atomic E-state index is 0.170. The van der Waals surface area contributed by atoms with Crippen LogP contribution in [0.3, 0.4) is 0 Å². The number of aromatic nitrogens is 3. The first kappa shape index (κ1) is 32.4. The zero-order chi connectivity index (χ0) is 33.2. The van der Waals surface area contributed by atoms with E-state index in [2.05, 4.69) is 139 Å². The van der Waals surface area contributed by atoms with E-state index in [0.29, 0.717) is 12.2 Å². The van der Waals surface area contributed by atoms with Gasteiger partial charge in [0.15, 0.2) is 0 Å². The van der Waals surface area contributed by atoms with E-state index in [4.69, 9.17) is 15.0 Å². The molecule has 1 N–H and O–H groups in total. The van der Waals surface area contributed by atoms with Crippen molar-refractivity contribution in [2.24, 2.45) is 0 Å². The van der Waals surface area contributed by atoms with Gasteiger partial charge >= 0.3 is 0 Å². The van der Waals surface area contributed by atoms with E-state index >= 15 is 0 Å². The largest absolute Gasteiger partial charge is 0.507 e. The van der Waals surface area contributed by atoms with Gasteiger partial charge in [-0.05, 0) is 79.5 Å². The molecular formula is C43H47N3O. The van der Waals surface area contributed by atoms with Crippen LogP contribution < -0.4 is 0 Å². The summed E-state index contributed by atoms with van der Waals surface area (Å²) in [6, 6.07) is 34.6. The maximum absolute atomic E-state index is 11.2. The molecule has 0 unspecified atom stereocenters. The number of hydrogen-bond donors (Lipinski definition) is 1. The van der Waals surface area contributed by atoms with Crippen LogP contribution in [0.5, 0.6) is 5.75 Å². The molecule has 1 aromatic heterocycles. The van der Waals surface area contributed by atoms with Crippen molar-refractivity contribution in [3.05, 3.63) is 142 Å². The van der Waals surface area contributed by atoms with Crippen LogP contribution in [-0.2, 0) is 49.4 Å². The first-order chi connectivity index (χ1) is 22.5. The quantitative estimate of drug-likeness (QED) is 0.175. The van der Waals surface area contributed by atoms with Gasteiger partial charge in [0, 0.05) is 19.3 Å². The highest BCUT2D eigenvalue weighted by molar-refractivity contribution is 5.86. The highest BCUT2D eigenvalue weighted by Crippen LogP contribution is 2.40. The lowest BCUT2D eigenvalue weighted by Crippen LogP contribution is -2.18. The molecule has 0 radical (unpaired) electrons. The van der Waals surface area contributed by atoms with Crippen LogP contribution in [0, 0.1) is 0 Å². The summed E-state index contributed by atoms with van der Waals surface area (Å²) in [5.74, 6) is 2.96. The maximum Gasteiger partial charge on any atom is 0.132 e. The number of fused-ring (bicyclic) bond motifs is 2. The van der Waals surface area contributed by atoms with E-state index < -0.39 is 0 Å². The molecule has 0 atom stereocenters. The Bertz CT molecular complexity index is 1880. The number of benzene rings is 5. The molecule has 0 aliphatic rings. The minimum atomic E-state index is -0.170. The van der Waals surface area contributed by atoms with E-state index in [0.717, 1.165) is 60.7 Å². The fourth-order valence-electron chi connectivity index (χ4n) is 6.61. The molecule has 0 bridgehead atoms. The summed E-state index contributed by atoms with van der Waals surface area (Å²) in [4.78, 5) is 15.1. The molecule has 5 aromatic carbocycles. The number of rotatable bonds is 9. The topological polar surface area (TPSA) is 58.9 Å². The monoisotopic (exact) mass is 621 g/mol. The van der Waals surface area contributed by atoms with Crippen molar-refractivity contribution in [2.75, 3.05) is 0 Å². The Balaban J connectivity index is 1.30. The van der Waals surface area contributed by atoms with Gasteiger partial charge < -0.3 is 5.11 Å². The van der Waals surface area contributed by atoms with Gasteiger partial charge in [-0.25, -0.2) is 15.0 Å².